The van der Waals surface area contributed by atoms with Gasteiger partial charge < -0.3 is 14.0 Å². The number of imidazole rings is 1. The molecule has 2 aliphatic heterocycles. The predicted molar refractivity (Wildman–Crippen MR) is 82.1 cm³/mol. The number of aromatic nitrogens is 2. The average Bonchev–Trinajstić information content (AvgIpc) is 3.18. The highest BCUT2D eigenvalue weighted by molar-refractivity contribution is 6.20. The Morgan fingerprint density at radius 1 is 1.43 bits per heavy atom. The molecule has 0 aliphatic carbocycles. The maximum absolute atomic E-state index is 6.38. The average molecular weight is 307 g/mol. The number of hydrogen-bond acceptors (Lipinski definition) is 3. The van der Waals surface area contributed by atoms with Crippen molar-refractivity contribution in [1.82, 2.24) is 9.55 Å². The normalized spacial score (nSPS) is 29.2. The van der Waals surface area contributed by atoms with Crippen molar-refractivity contribution in [3.8, 4) is 5.75 Å². The minimum Gasteiger partial charge on any atom is -0.497 e. The van der Waals surface area contributed by atoms with Crippen molar-refractivity contribution >= 4 is 22.6 Å². The standard InChI is InChI=1S/C16H19ClN2O2/c1-9(17)16-18-12-7-10(20-2)3-5-13(12)19(16)14-8-11-4-6-15(14)21-11/h3,5,7,9,11,14-15H,4,6,8H2,1-2H3. The van der Waals surface area contributed by atoms with Crippen molar-refractivity contribution in [1.29, 1.82) is 0 Å². The third kappa shape index (κ3) is 2.04. The molecule has 3 heterocycles. The Morgan fingerprint density at radius 3 is 2.90 bits per heavy atom. The van der Waals surface area contributed by atoms with Crippen LogP contribution < -0.4 is 4.74 Å². The van der Waals surface area contributed by atoms with Crippen LogP contribution in [0.2, 0.25) is 0 Å². The number of hydrogen-bond donors (Lipinski definition) is 0. The van der Waals surface area contributed by atoms with E-state index in [1.807, 2.05) is 19.1 Å². The van der Waals surface area contributed by atoms with Crippen molar-refractivity contribution in [2.45, 2.75) is 49.8 Å². The molecule has 0 spiro atoms. The monoisotopic (exact) mass is 306 g/mol. The summed E-state index contributed by atoms with van der Waals surface area (Å²) in [6.07, 6.45) is 4.12. The fraction of sp³-hybridized carbons (Fsp3) is 0.562. The molecular weight excluding hydrogens is 288 g/mol. The van der Waals surface area contributed by atoms with E-state index in [1.165, 1.54) is 6.42 Å². The first-order valence-corrected chi connectivity index (χ1v) is 7.96. The van der Waals surface area contributed by atoms with Gasteiger partial charge in [-0.05, 0) is 38.3 Å². The highest BCUT2D eigenvalue weighted by Gasteiger charge is 2.43. The van der Waals surface area contributed by atoms with Gasteiger partial charge in [0.05, 0.1) is 41.8 Å². The summed E-state index contributed by atoms with van der Waals surface area (Å²) >= 11 is 6.38. The second kappa shape index (κ2) is 4.89. The quantitative estimate of drug-likeness (QED) is 0.808. The third-order valence-corrected chi connectivity index (χ3v) is 4.88. The van der Waals surface area contributed by atoms with Crippen LogP contribution in [-0.2, 0) is 4.74 Å². The first kappa shape index (κ1) is 13.4. The second-order valence-electron chi connectivity index (χ2n) is 5.99. The number of fused-ring (bicyclic) bond motifs is 3. The van der Waals surface area contributed by atoms with Crippen LogP contribution in [0.5, 0.6) is 5.75 Å². The van der Waals surface area contributed by atoms with Crippen LogP contribution >= 0.6 is 11.6 Å². The van der Waals surface area contributed by atoms with Gasteiger partial charge >= 0.3 is 0 Å². The molecule has 4 atom stereocenters. The Labute approximate surface area is 129 Å². The minimum atomic E-state index is -0.123. The van der Waals surface area contributed by atoms with Gasteiger partial charge in [-0.3, -0.25) is 0 Å². The molecule has 0 radical (unpaired) electrons. The van der Waals surface area contributed by atoms with E-state index >= 15 is 0 Å². The van der Waals surface area contributed by atoms with Gasteiger partial charge in [0, 0.05) is 6.07 Å². The fourth-order valence-electron chi connectivity index (χ4n) is 3.74. The van der Waals surface area contributed by atoms with Crippen LogP contribution in [0, 0.1) is 0 Å². The molecule has 0 N–H and O–H groups in total. The van der Waals surface area contributed by atoms with Gasteiger partial charge in [-0.1, -0.05) is 0 Å². The summed E-state index contributed by atoms with van der Waals surface area (Å²) < 4.78 is 13.6. The van der Waals surface area contributed by atoms with Crippen LogP contribution in [-0.4, -0.2) is 28.9 Å². The third-order valence-electron chi connectivity index (χ3n) is 4.69. The molecule has 112 valence electrons. The van der Waals surface area contributed by atoms with E-state index in [0.29, 0.717) is 18.2 Å². The molecule has 0 saturated carbocycles. The van der Waals surface area contributed by atoms with Crippen LogP contribution in [0.3, 0.4) is 0 Å². The Morgan fingerprint density at radius 2 is 2.29 bits per heavy atom. The lowest BCUT2D eigenvalue weighted by Gasteiger charge is -2.24. The van der Waals surface area contributed by atoms with Gasteiger partial charge in [0.2, 0.25) is 0 Å². The minimum absolute atomic E-state index is 0.123. The van der Waals surface area contributed by atoms with Gasteiger partial charge in [0.25, 0.3) is 0 Å². The first-order valence-electron chi connectivity index (χ1n) is 7.53. The van der Waals surface area contributed by atoms with E-state index in [4.69, 9.17) is 26.1 Å². The molecule has 0 amide bonds. The Bertz CT molecular complexity index is 682. The molecule has 2 saturated heterocycles. The smallest absolute Gasteiger partial charge is 0.128 e. The van der Waals surface area contributed by atoms with E-state index in [2.05, 4.69) is 10.6 Å². The molecule has 4 nitrogen and oxygen atoms in total. The number of methoxy groups -OCH3 is 1. The van der Waals surface area contributed by atoms with Crippen LogP contribution in [0.1, 0.15) is 43.4 Å². The molecule has 1 aromatic carbocycles. The van der Waals surface area contributed by atoms with E-state index in [9.17, 15) is 0 Å². The van der Waals surface area contributed by atoms with Gasteiger partial charge in [-0.25, -0.2) is 4.98 Å². The summed E-state index contributed by atoms with van der Waals surface area (Å²) in [4.78, 5) is 4.74. The molecule has 1 aromatic heterocycles. The second-order valence-corrected chi connectivity index (χ2v) is 6.64. The SMILES string of the molecule is COc1ccc2c(c1)nc(C(C)Cl)n2C1CC2CCC1O2. The molecule has 2 aromatic rings. The van der Waals surface area contributed by atoms with Gasteiger partial charge in [-0.15, -0.1) is 11.6 Å². The molecular formula is C16H19ClN2O2. The topological polar surface area (TPSA) is 36.3 Å². The van der Waals surface area contributed by atoms with E-state index in [-0.39, 0.29) is 5.38 Å². The molecule has 2 bridgehead atoms. The molecule has 4 rings (SSSR count). The maximum Gasteiger partial charge on any atom is 0.128 e. The van der Waals surface area contributed by atoms with E-state index in [0.717, 1.165) is 35.4 Å². The largest absolute Gasteiger partial charge is 0.497 e. The summed E-state index contributed by atoms with van der Waals surface area (Å²) in [6, 6.07) is 6.40. The number of nitrogens with zero attached hydrogens (tertiary/aromatic N) is 2. The maximum atomic E-state index is 6.38. The molecule has 4 unspecified atom stereocenters. The summed E-state index contributed by atoms with van der Waals surface area (Å²) in [5.41, 5.74) is 2.07. The van der Waals surface area contributed by atoms with Crippen LogP contribution in [0.25, 0.3) is 11.0 Å². The van der Waals surface area contributed by atoms with Crippen molar-refractivity contribution in [2.75, 3.05) is 7.11 Å². The number of benzene rings is 1. The van der Waals surface area contributed by atoms with Crippen molar-refractivity contribution in [3.63, 3.8) is 0 Å². The summed E-state index contributed by atoms with van der Waals surface area (Å²) in [6.45, 7) is 1.98. The number of halogens is 1. The van der Waals surface area contributed by atoms with Crippen LogP contribution in [0.15, 0.2) is 18.2 Å². The first-order chi connectivity index (χ1) is 10.2. The van der Waals surface area contributed by atoms with E-state index < -0.39 is 0 Å². The Balaban J connectivity index is 1.87. The molecule has 2 fully saturated rings. The highest BCUT2D eigenvalue weighted by Crippen LogP contribution is 2.44. The predicted octanol–water partition coefficient (Wildman–Crippen LogP) is 3.84. The van der Waals surface area contributed by atoms with Gasteiger partial charge in [-0.2, -0.15) is 0 Å². The highest BCUT2D eigenvalue weighted by atomic mass is 35.5. The van der Waals surface area contributed by atoms with Crippen molar-refractivity contribution < 1.29 is 9.47 Å². The van der Waals surface area contributed by atoms with Crippen molar-refractivity contribution in [2.24, 2.45) is 0 Å². The lowest BCUT2D eigenvalue weighted by atomic mass is 9.95. The van der Waals surface area contributed by atoms with Crippen molar-refractivity contribution in [3.05, 3.63) is 24.0 Å². The fourth-order valence-corrected chi connectivity index (χ4v) is 3.89. The zero-order chi connectivity index (χ0) is 14.6. The zero-order valence-electron chi connectivity index (χ0n) is 12.3. The Hall–Kier alpha value is -1.26. The lowest BCUT2D eigenvalue weighted by molar-refractivity contribution is 0.0939. The summed E-state index contributed by atoms with van der Waals surface area (Å²) in [7, 11) is 1.67. The lowest BCUT2D eigenvalue weighted by Crippen LogP contribution is -2.22. The van der Waals surface area contributed by atoms with E-state index in [1.54, 1.807) is 7.11 Å². The number of alkyl halides is 1. The Kier molecular flexibility index (Phi) is 3.12. The van der Waals surface area contributed by atoms with Gasteiger partial charge in [0.1, 0.15) is 11.6 Å². The summed E-state index contributed by atoms with van der Waals surface area (Å²) in [5, 5.41) is -0.123. The number of ether oxygens (including phenoxy) is 2. The van der Waals surface area contributed by atoms with Gasteiger partial charge in [0.15, 0.2) is 0 Å². The van der Waals surface area contributed by atoms with Crippen LogP contribution in [0.4, 0.5) is 0 Å². The molecule has 2 aliphatic rings. The number of rotatable bonds is 3. The summed E-state index contributed by atoms with van der Waals surface area (Å²) in [5.74, 6) is 1.76. The molecule has 21 heavy (non-hydrogen) atoms. The zero-order valence-corrected chi connectivity index (χ0v) is 13.0. The molecule has 5 heteroatoms.